The lowest BCUT2D eigenvalue weighted by Gasteiger charge is -2.24. The van der Waals surface area contributed by atoms with E-state index in [1.54, 1.807) is 12.5 Å². The van der Waals surface area contributed by atoms with Crippen LogP contribution in [0.25, 0.3) is 0 Å². The van der Waals surface area contributed by atoms with Crippen LogP contribution >= 0.6 is 0 Å². The van der Waals surface area contributed by atoms with Gasteiger partial charge in [0.05, 0.1) is 30.8 Å². The van der Waals surface area contributed by atoms with Gasteiger partial charge in [0.25, 0.3) is 0 Å². The summed E-state index contributed by atoms with van der Waals surface area (Å²) in [7, 11) is 0. The summed E-state index contributed by atoms with van der Waals surface area (Å²) in [6.45, 7) is 6.27. The number of hydrogen-bond acceptors (Lipinski definition) is 3. The number of hydrogen-bond donors (Lipinski definition) is 1. The Kier molecular flexibility index (Phi) is 3.36. The van der Waals surface area contributed by atoms with E-state index in [4.69, 9.17) is 9.15 Å². The highest BCUT2D eigenvalue weighted by atomic mass is 16.5. The summed E-state index contributed by atoms with van der Waals surface area (Å²) in [5.41, 5.74) is 1.05. The van der Waals surface area contributed by atoms with Gasteiger partial charge in [-0.15, -0.1) is 0 Å². The second-order valence-electron chi connectivity index (χ2n) is 4.89. The monoisotopic (exact) mass is 224 g/mol. The van der Waals surface area contributed by atoms with Crippen LogP contribution in [0.4, 0.5) is 0 Å². The van der Waals surface area contributed by atoms with E-state index >= 15 is 0 Å². The molecule has 0 saturated carbocycles. The Morgan fingerprint density at radius 1 is 1.31 bits per heavy atom. The van der Waals surface area contributed by atoms with Gasteiger partial charge in [-0.2, -0.15) is 0 Å². The highest BCUT2D eigenvalue weighted by molar-refractivity contribution is 5.08. The molecule has 16 heavy (non-hydrogen) atoms. The van der Waals surface area contributed by atoms with Crippen LogP contribution in [0.15, 0.2) is 23.0 Å². The lowest BCUT2D eigenvalue weighted by molar-refractivity contribution is 0.0239. The van der Waals surface area contributed by atoms with Crippen molar-refractivity contribution in [3.8, 4) is 0 Å². The molecule has 1 aromatic heterocycles. The molecule has 1 N–H and O–H groups in total. The van der Waals surface area contributed by atoms with Gasteiger partial charge in [-0.3, -0.25) is 0 Å². The molecule has 1 saturated heterocycles. The fraction of sp³-hybridized carbons (Fsp3) is 0.692. The summed E-state index contributed by atoms with van der Waals surface area (Å²) in [6.07, 6.45) is 3.99. The number of furan rings is 1. The number of aliphatic hydroxyl groups excluding tert-OH is 1. The molecule has 2 rings (SSSR count). The van der Waals surface area contributed by atoms with Gasteiger partial charge in [-0.1, -0.05) is 6.92 Å². The molecular weight excluding hydrogens is 204 g/mol. The van der Waals surface area contributed by atoms with Crippen molar-refractivity contribution in [2.45, 2.75) is 45.5 Å². The van der Waals surface area contributed by atoms with E-state index < -0.39 is 0 Å². The van der Waals surface area contributed by atoms with Crippen LogP contribution in [0, 0.1) is 11.8 Å². The maximum absolute atomic E-state index is 10.3. The minimum Gasteiger partial charge on any atom is -0.472 e. The van der Waals surface area contributed by atoms with Gasteiger partial charge >= 0.3 is 0 Å². The highest BCUT2D eigenvalue weighted by Gasteiger charge is 2.40. The molecule has 1 fully saturated rings. The molecule has 2 heterocycles. The van der Waals surface area contributed by atoms with Gasteiger partial charge in [0.15, 0.2) is 0 Å². The first-order chi connectivity index (χ1) is 7.59. The second kappa shape index (κ2) is 4.60. The number of ether oxygens (including phenoxy) is 1. The Balaban J connectivity index is 2.01. The van der Waals surface area contributed by atoms with Crippen LogP contribution < -0.4 is 0 Å². The lowest BCUT2D eigenvalue weighted by atomic mass is 9.83. The summed E-state index contributed by atoms with van der Waals surface area (Å²) in [4.78, 5) is 0. The molecular formula is C13H20O3. The molecule has 0 bridgehead atoms. The van der Waals surface area contributed by atoms with E-state index in [9.17, 15) is 5.11 Å². The summed E-state index contributed by atoms with van der Waals surface area (Å²) in [5.74, 6) is 0.613. The summed E-state index contributed by atoms with van der Waals surface area (Å²) < 4.78 is 10.8. The predicted molar refractivity (Wildman–Crippen MR) is 61.1 cm³/mol. The van der Waals surface area contributed by atoms with Crippen molar-refractivity contribution in [3.63, 3.8) is 0 Å². The molecule has 5 unspecified atom stereocenters. The zero-order valence-corrected chi connectivity index (χ0v) is 10.1. The van der Waals surface area contributed by atoms with Gasteiger partial charge in [0.2, 0.25) is 0 Å². The zero-order chi connectivity index (χ0) is 11.7. The standard InChI is InChI=1S/C13H20O3/c1-8-9(2)16-10(3)13(8)12(14)6-11-4-5-15-7-11/h4-5,7-10,12-14H,6H2,1-3H3. The van der Waals surface area contributed by atoms with Crippen molar-refractivity contribution in [1.29, 1.82) is 0 Å². The van der Waals surface area contributed by atoms with Crippen molar-refractivity contribution in [3.05, 3.63) is 24.2 Å². The first kappa shape index (κ1) is 11.7. The first-order valence-electron chi connectivity index (χ1n) is 5.94. The van der Waals surface area contributed by atoms with Gasteiger partial charge < -0.3 is 14.3 Å². The first-order valence-corrected chi connectivity index (χ1v) is 5.94. The van der Waals surface area contributed by atoms with E-state index in [0.29, 0.717) is 12.3 Å². The third-order valence-electron chi connectivity index (χ3n) is 3.79. The Labute approximate surface area is 96.4 Å². The van der Waals surface area contributed by atoms with E-state index in [2.05, 4.69) is 13.8 Å². The fourth-order valence-corrected chi connectivity index (χ4v) is 2.74. The van der Waals surface area contributed by atoms with Crippen LogP contribution in [0.1, 0.15) is 26.3 Å². The van der Waals surface area contributed by atoms with E-state index in [-0.39, 0.29) is 24.2 Å². The third kappa shape index (κ3) is 2.15. The fourth-order valence-electron chi connectivity index (χ4n) is 2.74. The third-order valence-corrected chi connectivity index (χ3v) is 3.79. The maximum Gasteiger partial charge on any atom is 0.0935 e. The topological polar surface area (TPSA) is 42.6 Å². The lowest BCUT2D eigenvalue weighted by Crippen LogP contribution is -2.32. The Morgan fingerprint density at radius 2 is 2.06 bits per heavy atom. The van der Waals surface area contributed by atoms with Gasteiger partial charge in [-0.25, -0.2) is 0 Å². The van der Waals surface area contributed by atoms with Crippen LogP contribution in [0.2, 0.25) is 0 Å². The van der Waals surface area contributed by atoms with Crippen LogP contribution in [0.5, 0.6) is 0 Å². The minimum absolute atomic E-state index is 0.131. The van der Waals surface area contributed by atoms with Crippen LogP contribution in [-0.4, -0.2) is 23.4 Å². The van der Waals surface area contributed by atoms with Crippen LogP contribution in [-0.2, 0) is 11.2 Å². The molecule has 1 aromatic rings. The Morgan fingerprint density at radius 3 is 2.56 bits per heavy atom. The normalized spacial score (nSPS) is 36.5. The van der Waals surface area contributed by atoms with Crippen molar-refractivity contribution in [2.24, 2.45) is 11.8 Å². The Hall–Kier alpha value is -0.800. The maximum atomic E-state index is 10.3. The molecule has 0 radical (unpaired) electrons. The molecule has 5 atom stereocenters. The quantitative estimate of drug-likeness (QED) is 0.856. The van der Waals surface area contributed by atoms with Crippen molar-refractivity contribution in [1.82, 2.24) is 0 Å². The van der Waals surface area contributed by atoms with Crippen molar-refractivity contribution < 1.29 is 14.3 Å². The highest BCUT2D eigenvalue weighted by Crippen LogP contribution is 2.35. The molecule has 1 aliphatic rings. The minimum atomic E-state index is -0.354. The van der Waals surface area contributed by atoms with Gasteiger partial charge in [-0.05, 0) is 31.4 Å². The molecule has 0 spiro atoms. The van der Waals surface area contributed by atoms with Gasteiger partial charge in [0.1, 0.15) is 0 Å². The van der Waals surface area contributed by atoms with Crippen LogP contribution in [0.3, 0.4) is 0 Å². The van der Waals surface area contributed by atoms with Gasteiger partial charge in [0, 0.05) is 12.3 Å². The molecule has 0 aromatic carbocycles. The summed E-state index contributed by atoms with van der Waals surface area (Å²) >= 11 is 0. The van der Waals surface area contributed by atoms with Crippen molar-refractivity contribution >= 4 is 0 Å². The summed E-state index contributed by atoms with van der Waals surface area (Å²) in [5, 5.41) is 10.3. The second-order valence-corrected chi connectivity index (χ2v) is 4.89. The molecule has 0 aliphatic carbocycles. The molecule has 3 heteroatoms. The Bertz CT molecular complexity index is 320. The molecule has 1 aliphatic heterocycles. The molecule has 0 amide bonds. The van der Waals surface area contributed by atoms with E-state index in [1.165, 1.54) is 0 Å². The van der Waals surface area contributed by atoms with E-state index in [1.807, 2.05) is 13.0 Å². The van der Waals surface area contributed by atoms with Crippen molar-refractivity contribution in [2.75, 3.05) is 0 Å². The average Bonchev–Trinajstić information content (AvgIpc) is 2.77. The smallest absolute Gasteiger partial charge is 0.0935 e. The average molecular weight is 224 g/mol. The SMILES string of the molecule is CC1OC(C)C(C(O)Cc2ccoc2)C1C. The summed E-state index contributed by atoms with van der Waals surface area (Å²) in [6, 6.07) is 1.90. The van der Waals surface area contributed by atoms with E-state index in [0.717, 1.165) is 5.56 Å². The zero-order valence-electron chi connectivity index (χ0n) is 10.1. The molecule has 90 valence electrons. The number of rotatable bonds is 3. The predicted octanol–water partition coefficient (Wildman–Crippen LogP) is 2.24. The molecule has 3 nitrogen and oxygen atoms in total. The largest absolute Gasteiger partial charge is 0.472 e. The number of aliphatic hydroxyl groups is 1.